The lowest BCUT2D eigenvalue weighted by Crippen LogP contribution is -2.29. The third-order valence-electron chi connectivity index (χ3n) is 3.32. The van der Waals surface area contributed by atoms with Gasteiger partial charge >= 0.3 is 0 Å². The Hall–Kier alpha value is -1.62. The van der Waals surface area contributed by atoms with Crippen LogP contribution in [0.3, 0.4) is 0 Å². The average Bonchev–Trinajstić information content (AvgIpc) is 2.88. The number of nitrogens with two attached hydrogens (primary N) is 1. The van der Waals surface area contributed by atoms with Gasteiger partial charge < -0.3 is 4.42 Å². The first kappa shape index (κ1) is 13.4. The van der Waals surface area contributed by atoms with Crippen molar-refractivity contribution in [2.45, 2.75) is 12.5 Å². The molecule has 0 fully saturated rings. The Kier molecular flexibility index (Phi) is 3.87. The summed E-state index contributed by atoms with van der Waals surface area (Å²) in [6.07, 6.45) is 0.774. The summed E-state index contributed by atoms with van der Waals surface area (Å²) in [5.74, 6) is 6.55. The summed E-state index contributed by atoms with van der Waals surface area (Å²) in [5.41, 5.74) is 4.92. The molecule has 0 bridgehead atoms. The van der Waals surface area contributed by atoms with E-state index in [9.17, 15) is 0 Å². The van der Waals surface area contributed by atoms with E-state index in [-0.39, 0.29) is 6.04 Å². The Bertz CT molecular complexity index is 690. The zero-order valence-corrected chi connectivity index (χ0v) is 12.4. The summed E-state index contributed by atoms with van der Waals surface area (Å²) in [4.78, 5) is 0. The van der Waals surface area contributed by atoms with E-state index in [0.717, 1.165) is 27.6 Å². The number of para-hydroxylation sites is 1. The van der Waals surface area contributed by atoms with Gasteiger partial charge in [0, 0.05) is 9.86 Å². The molecule has 2 aromatic carbocycles. The summed E-state index contributed by atoms with van der Waals surface area (Å²) in [6, 6.07) is 18.2. The van der Waals surface area contributed by atoms with Gasteiger partial charge in [-0.1, -0.05) is 46.3 Å². The Morgan fingerprint density at radius 1 is 1.10 bits per heavy atom. The van der Waals surface area contributed by atoms with Crippen molar-refractivity contribution >= 4 is 26.9 Å². The number of fused-ring (bicyclic) bond motifs is 1. The summed E-state index contributed by atoms with van der Waals surface area (Å²) in [5, 5.41) is 1.09. The van der Waals surface area contributed by atoms with Crippen LogP contribution in [0.2, 0.25) is 0 Å². The van der Waals surface area contributed by atoms with Gasteiger partial charge in [-0.2, -0.15) is 0 Å². The van der Waals surface area contributed by atoms with Crippen LogP contribution in [-0.2, 0) is 6.42 Å². The zero-order chi connectivity index (χ0) is 13.9. The fraction of sp³-hybridized carbons (Fsp3) is 0.125. The molecule has 1 aromatic heterocycles. The Morgan fingerprint density at radius 3 is 2.70 bits per heavy atom. The lowest BCUT2D eigenvalue weighted by atomic mass is 10.0. The highest BCUT2D eigenvalue weighted by Gasteiger charge is 2.15. The fourth-order valence-corrected chi connectivity index (χ4v) is 2.76. The maximum Gasteiger partial charge on any atom is 0.134 e. The summed E-state index contributed by atoms with van der Waals surface area (Å²) < 4.78 is 6.93. The van der Waals surface area contributed by atoms with Gasteiger partial charge in [0.2, 0.25) is 0 Å². The van der Waals surface area contributed by atoms with Crippen molar-refractivity contribution in [3.63, 3.8) is 0 Å². The second kappa shape index (κ2) is 5.79. The van der Waals surface area contributed by atoms with Gasteiger partial charge in [-0.05, 0) is 36.2 Å². The monoisotopic (exact) mass is 330 g/mol. The number of hydrogen-bond acceptors (Lipinski definition) is 3. The summed E-state index contributed by atoms with van der Waals surface area (Å²) >= 11 is 3.48. The molecule has 4 heteroatoms. The molecule has 0 saturated heterocycles. The van der Waals surface area contributed by atoms with Gasteiger partial charge in [0.05, 0.1) is 6.04 Å². The van der Waals surface area contributed by atoms with Crippen LogP contribution >= 0.6 is 15.9 Å². The predicted molar refractivity (Wildman–Crippen MR) is 84.1 cm³/mol. The number of halogens is 1. The zero-order valence-electron chi connectivity index (χ0n) is 10.8. The van der Waals surface area contributed by atoms with Gasteiger partial charge in [-0.25, -0.2) is 5.43 Å². The molecule has 20 heavy (non-hydrogen) atoms. The van der Waals surface area contributed by atoms with Crippen molar-refractivity contribution in [2.75, 3.05) is 0 Å². The van der Waals surface area contributed by atoms with Crippen LogP contribution in [0.15, 0.2) is 63.5 Å². The van der Waals surface area contributed by atoms with Crippen LogP contribution in [0.5, 0.6) is 0 Å². The van der Waals surface area contributed by atoms with E-state index in [1.165, 1.54) is 5.56 Å². The van der Waals surface area contributed by atoms with Gasteiger partial charge in [0.15, 0.2) is 0 Å². The highest BCUT2D eigenvalue weighted by atomic mass is 79.9. The molecule has 0 saturated carbocycles. The maximum atomic E-state index is 5.87. The van der Waals surface area contributed by atoms with Crippen molar-refractivity contribution in [3.05, 3.63) is 70.4 Å². The van der Waals surface area contributed by atoms with Gasteiger partial charge in [-0.15, -0.1) is 0 Å². The van der Waals surface area contributed by atoms with Crippen molar-refractivity contribution in [2.24, 2.45) is 5.84 Å². The van der Waals surface area contributed by atoms with Crippen LogP contribution in [0.4, 0.5) is 0 Å². The molecule has 1 heterocycles. The molecule has 0 aliphatic carbocycles. The molecule has 3 N–H and O–H groups in total. The molecule has 0 amide bonds. The standard InChI is InChI=1S/C16H15BrN2O/c17-13-6-3-4-11(8-13)9-14(19-18)16-10-12-5-1-2-7-15(12)20-16/h1-8,10,14,19H,9,18H2. The van der Waals surface area contributed by atoms with Crippen LogP contribution in [-0.4, -0.2) is 0 Å². The maximum absolute atomic E-state index is 5.87. The highest BCUT2D eigenvalue weighted by molar-refractivity contribution is 9.10. The second-order valence-corrected chi connectivity index (χ2v) is 5.66. The molecule has 0 aliphatic rings. The average molecular weight is 331 g/mol. The number of benzene rings is 2. The summed E-state index contributed by atoms with van der Waals surface area (Å²) in [7, 11) is 0. The lowest BCUT2D eigenvalue weighted by Gasteiger charge is -2.13. The normalized spacial score (nSPS) is 12.7. The number of hydrazine groups is 1. The Labute approximate surface area is 125 Å². The van der Waals surface area contributed by atoms with Crippen molar-refractivity contribution < 1.29 is 4.42 Å². The van der Waals surface area contributed by atoms with Crippen molar-refractivity contribution in [1.82, 2.24) is 5.43 Å². The SMILES string of the molecule is NNC(Cc1cccc(Br)c1)c1cc2ccccc2o1. The van der Waals surface area contributed by atoms with E-state index >= 15 is 0 Å². The van der Waals surface area contributed by atoms with E-state index < -0.39 is 0 Å². The first-order valence-electron chi connectivity index (χ1n) is 6.45. The molecular weight excluding hydrogens is 316 g/mol. The van der Waals surface area contributed by atoms with Crippen LogP contribution < -0.4 is 11.3 Å². The van der Waals surface area contributed by atoms with Gasteiger partial charge in [0.1, 0.15) is 11.3 Å². The van der Waals surface area contributed by atoms with Crippen LogP contribution in [0.1, 0.15) is 17.4 Å². The summed E-state index contributed by atoms with van der Waals surface area (Å²) in [6.45, 7) is 0. The predicted octanol–water partition coefficient (Wildman–Crippen LogP) is 3.94. The first-order chi connectivity index (χ1) is 9.76. The molecular formula is C16H15BrN2O. The molecule has 102 valence electrons. The number of rotatable bonds is 4. The second-order valence-electron chi connectivity index (χ2n) is 4.74. The number of nitrogens with one attached hydrogen (secondary N) is 1. The quantitative estimate of drug-likeness (QED) is 0.562. The molecule has 0 spiro atoms. The van der Waals surface area contributed by atoms with Crippen molar-refractivity contribution in [1.29, 1.82) is 0 Å². The fourth-order valence-electron chi connectivity index (χ4n) is 2.32. The first-order valence-corrected chi connectivity index (χ1v) is 7.24. The molecule has 3 rings (SSSR count). The highest BCUT2D eigenvalue weighted by Crippen LogP contribution is 2.26. The Balaban J connectivity index is 1.89. The smallest absolute Gasteiger partial charge is 0.134 e. The third-order valence-corrected chi connectivity index (χ3v) is 3.81. The topological polar surface area (TPSA) is 51.2 Å². The van der Waals surface area contributed by atoms with Crippen LogP contribution in [0, 0.1) is 0 Å². The van der Waals surface area contributed by atoms with E-state index in [1.54, 1.807) is 0 Å². The van der Waals surface area contributed by atoms with E-state index in [1.807, 2.05) is 42.5 Å². The Morgan fingerprint density at radius 2 is 1.95 bits per heavy atom. The molecule has 3 aromatic rings. The molecule has 0 aliphatic heterocycles. The van der Waals surface area contributed by atoms with Crippen molar-refractivity contribution in [3.8, 4) is 0 Å². The van der Waals surface area contributed by atoms with Crippen LogP contribution in [0.25, 0.3) is 11.0 Å². The minimum absolute atomic E-state index is 0.0447. The molecule has 0 radical (unpaired) electrons. The van der Waals surface area contributed by atoms with E-state index in [2.05, 4.69) is 33.5 Å². The minimum atomic E-state index is -0.0447. The molecule has 3 nitrogen and oxygen atoms in total. The molecule has 1 unspecified atom stereocenters. The number of furan rings is 1. The lowest BCUT2D eigenvalue weighted by molar-refractivity contribution is 0.434. The minimum Gasteiger partial charge on any atom is -0.459 e. The van der Waals surface area contributed by atoms with Gasteiger partial charge in [-0.3, -0.25) is 5.84 Å². The number of hydrogen-bond donors (Lipinski definition) is 2. The third kappa shape index (κ3) is 2.77. The van der Waals surface area contributed by atoms with Gasteiger partial charge in [0.25, 0.3) is 0 Å². The molecule has 1 atom stereocenters. The largest absolute Gasteiger partial charge is 0.459 e. The van der Waals surface area contributed by atoms with E-state index in [0.29, 0.717) is 0 Å². The van der Waals surface area contributed by atoms with E-state index in [4.69, 9.17) is 10.3 Å².